The van der Waals surface area contributed by atoms with Crippen LogP contribution >= 0.6 is 23.2 Å². The molecule has 0 saturated heterocycles. The van der Waals surface area contributed by atoms with E-state index in [1.165, 1.54) is 0 Å². The summed E-state index contributed by atoms with van der Waals surface area (Å²) in [4.78, 5) is 11.9. The predicted molar refractivity (Wildman–Crippen MR) is 91.6 cm³/mol. The lowest BCUT2D eigenvalue weighted by atomic mass is 10.1. The Labute approximate surface area is 145 Å². The lowest BCUT2D eigenvalue weighted by Crippen LogP contribution is -2.25. The van der Waals surface area contributed by atoms with Gasteiger partial charge in [-0.1, -0.05) is 37.0 Å². The van der Waals surface area contributed by atoms with Crippen molar-refractivity contribution in [3.63, 3.8) is 0 Å². The van der Waals surface area contributed by atoms with E-state index >= 15 is 0 Å². The largest absolute Gasteiger partial charge is 0.492 e. The van der Waals surface area contributed by atoms with Gasteiger partial charge in [-0.2, -0.15) is 5.10 Å². The predicted octanol–water partition coefficient (Wildman–Crippen LogP) is 4.04. The fourth-order valence-corrected chi connectivity index (χ4v) is 2.35. The molecule has 2 N–H and O–H groups in total. The second-order valence-electron chi connectivity index (χ2n) is 5.40. The highest BCUT2D eigenvalue weighted by molar-refractivity contribution is 6.35. The molecule has 0 aliphatic heterocycles. The molecule has 1 aromatic carbocycles. The summed E-state index contributed by atoms with van der Waals surface area (Å²) in [5.41, 5.74) is 1.34. The lowest BCUT2D eigenvalue weighted by Gasteiger charge is -2.08. The van der Waals surface area contributed by atoms with E-state index in [2.05, 4.69) is 15.5 Å². The van der Waals surface area contributed by atoms with Crippen LogP contribution in [-0.2, 0) is 0 Å². The highest BCUT2D eigenvalue weighted by Gasteiger charge is 2.11. The number of nitrogens with zero attached hydrogens (tertiary/aromatic N) is 1. The van der Waals surface area contributed by atoms with Crippen molar-refractivity contribution < 1.29 is 9.53 Å². The summed E-state index contributed by atoms with van der Waals surface area (Å²) in [6.07, 6.45) is 0.659. The fourth-order valence-electron chi connectivity index (χ4n) is 1.89. The van der Waals surface area contributed by atoms with Crippen LogP contribution in [0.15, 0.2) is 24.3 Å². The van der Waals surface area contributed by atoms with Crippen molar-refractivity contribution in [3.05, 3.63) is 45.7 Å². The van der Waals surface area contributed by atoms with Gasteiger partial charge < -0.3 is 10.1 Å². The number of rotatable bonds is 7. The van der Waals surface area contributed by atoms with E-state index in [9.17, 15) is 4.79 Å². The minimum Gasteiger partial charge on any atom is -0.492 e. The van der Waals surface area contributed by atoms with Gasteiger partial charge in [0, 0.05) is 17.3 Å². The van der Waals surface area contributed by atoms with Crippen molar-refractivity contribution in [1.82, 2.24) is 15.5 Å². The summed E-state index contributed by atoms with van der Waals surface area (Å²) >= 11 is 11.8. The first kappa shape index (κ1) is 17.6. The van der Waals surface area contributed by atoms with Crippen LogP contribution in [0.2, 0.25) is 10.0 Å². The minimum atomic E-state index is -0.197. The topological polar surface area (TPSA) is 67.0 Å². The van der Waals surface area contributed by atoms with Gasteiger partial charge in [0.1, 0.15) is 11.4 Å². The Morgan fingerprint density at radius 1 is 1.35 bits per heavy atom. The molecule has 0 saturated carbocycles. The molecule has 2 aromatic rings. The third kappa shape index (κ3) is 5.15. The Morgan fingerprint density at radius 2 is 2.13 bits per heavy atom. The van der Waals surface area contributed by atoms with Crippen molar-refractivity contribution in [2.45, 2.75) is 26.2 Å². The van der Waals surface area contributed by atoms with Gasteiger partial charge in [-0.05, 0) is 36.6 Å². The Balaban J connectivity index is 1.71. The standard InChI is InChI=1S/C16H19Cl2N3O2/c1-10(2)13-9-14(21-20-13)16(22)19-6-3-7-23-15-5-4-11(17)8-12(15)18/h4-5,8-10H,3,6-7H2,1-2H3,(H,19,22)(H,20,21). The van der Waals surface area contributed by atoms with E-state index in [1.54, 1.807) is 24.3 Å². The Kier molecular flexibility index (Phi) is 6.30. The molecular formula is C16H19Cl2N3O2. The zero-order valence-corrected chi connectivity index (χ0v) is 14.5. The SMILES string of the molecule is CC(C)c1cc(C(=O)NCCCOc2ccc(Cl)cc2Cl)n[nH]1. The van der Waals surface area contributed by atoms with Gasteiger partial charge in [-0.25, -0.2) is 0 Å². The number of aromatic nitrogens is 2. The van der Waals surface area contributed by atoms with Crippen LogP contribution in [0.1, 0.15) is 42.4 Å². The van der Waals surface area contributed by atoms with Crippen molar-refractivity contribution in [1.29, 1.82) is 0 Å². The molecule has 23 heavy (non-hydrogen) atoms. The summed E-state index contributed by atoms with van der Waals surface area (Å²) < 4.78 is 5.55. The van der Waals surface area contributed by atoms with E-state index in [-0.39, 0.29) is 5.91 Å². The van der Waals surface area contributed by atoms with Gasteiger partial charge in [0.2, 0.25) is 0 Å². The van der Waals surface area contributed by atoms with Crippen molar-refractivity contribution in [2.75, 3.05) is 13.2 Å². The molecule has 0 aliphatic rings. The first-order valence-corrected chi connectivity index (χ1v) is 8.14. The number of aromatic amines is 1. The van der Waals surface area contributed by atoms with Crippen molar-refractivity contribution >= 4 is 29.1 Å². The van der Waals surface area contributed by atoms with E-state index in [0.717, 1.165) is 5.69 Å². The van der Waals surface area contributed by atoms with Crippen LogP contribution in [-0.4, -0.2) is 29.3 Å². The summed E-state index contributed by atoms with van der Waals surface area (Å²) in [6.45, 7) is 5.01. The first-order valence-electron chi connectivity index (χ1n) is 7.38. The molecule has 0 spiro atoms. The molecule has 5 nitrogen and oxygen atoms in total. The van der Waals surface area contributed by atoms with Gasteiger partial charge in [0.15, 0.2) is 0 Å². The number of H-pyrrole nitrogens is 1. The monoisotopic (exact) mass is 355 g/mol. The molecule has 0 radical (unpaired) electrons. The smallest absolute Gasteiger partial charge is 0.271 e. The van der Waals surface area contributed by atoms with Crippen LogP contribution in [0.3, 0.4) is 0 Å². The number of hydrogen-bond donors (Lipinski definition) is 2. The molecular weight excluding hydrogens is 337 g/mol. The van der Waals surface area contributed by atoms with E-state index < -0.39 is 0 Å². The molecule has 7 heteroatoms. The van der Waals surface area contributed by atoms with Crippen LogP contribution in [0.25, 0.3) is 0 Å². The molecule has 2 rings (SSSR count). The normalized spacial score (nSPS) is 10.8. The number of carbonyl (C=O) groups excluding carboxylic acids is 1. The maximum atomic E-state index is 11.9. The number of nitrogens with one attached hydrogen (secondary N) is 2. The second-order valence-corrected chi connectivity index (χ2v) is 6.24. The van der Waals surface area contributed by atoms with Gasteiger partial charge >= 0.3 is 0 Å². The van der Waals surface area contributed by atoms with Crippen LogP contribution in [0.4, 0.5) is 0 Å². The van der Waals surface area contributed by atoms with Crippen LogP contribution in [0.5, 0.6) is 5.75 Å². The third-order valence-corrected chi connectivity index (χ3v) is 3.74. The number of benzene rings is 1. The van der Waals surface area contributed by atoms with E-state index in [4.69, 9.17) is 27.9 Å². The van der Waals surface area contributed by atoms with E-state index in [1.807, 2.05) is 13.8 Å². The third-order valence-electron chi connectivity index (χ3n) is 3.21. The Hall–Kier alpha value is -1.72. The maximum Gasteiger partial charge on any atom is 0.271 e. The zero-order valence-electron chi connectivity index (χ0n) is 13.0. The average Bonchev–Trinajstić information content (AvgIpc) is 2.99. The lowest BCUT2D eigenvalue weighted by molar-refractivity contribution is 0.0946. The number of hydrogen-bond acceptors (Lipinski definition) is 3. The number of amides is 1. The molecule has 0 bridgehead atoms. The summed E-state index contributed by atoms with van der Waals surface area (Å²) in [5, 5.41) is 10.7. The van der Waals surface area contributed by atoms with Crippen LogP contribution < -0.4 is 10.1 Å². The molecule has 1 amide bonds. The Bertz CT molecular complexity index is 671. The highest BCUT2D eigenvalue weighted by atomic mass is 35.5. The van der Waals surface area contributed by atoms with Crippen LogP contribution in [0, 0.1) is 0 Å². The average molecular weight is 356 g/mol. The quantitative estimate of drug-likeness (QED) is 0.736. The number of halogens is 2. The van der Waals surface area contributed by atoms with Gasteiger partial charge in [0.05, 0.1) is 11.6 Å². The molecule has 0 aliphatic carbocycles. The number of ether oxygens (including phenoxy) is 1. The first-order chi connectivity index (χ1) is 11.0. The molecule has 0 unspecified atom stereocenters. The molecule has 1 aromatic heterocycles. The van der Waals surface area contributed by atoms with Gasteiger partial charge in [0.25, 0.3) is 5.91 Å². The summed E-state index contributed by atoms with van der Waals surface area (Å²) in [5.74, 6) is 0.690. The summed E-state index contributed by atoms with van der Waals surface area (Å²) in [7, 11) is 0. The highest BCUT2D eigenvalue weighted by Crippen LogP contribution is 2.27. The Morgan fingerprint density at radius 3 is 2.78 bits per heavy atom. The summed E-state index contributed by atoms with van der Waals surface area (Å²) in [6, 6.07) is 6.84. The second kappa shape index (κ2) is 8.22. The minimum absolute atomic E-state index is 0.197. The molecule has 0 fully saturated rings. The van der Waals surface area contributed by atoms with E-state index in [0.29, 0.717) is 47.0 Å². The molecule has 0 atom stereocenters. The van der Waals surface area contributed by atoms with Crippen molar-refractivity contribution in [2.24, 2.45) is 0 Å². The zero-order chi connectivity index (χ0) is 16.8. The maximum absolute atomic E-state index is 11.9. The number of carbonyl (C=O) groups is 1. The molecule has 1 heterocycles. The van der Waals surface area contributed by atoms with Gasteiger partial charge in [-0.15, -0.1) is 0 Å². The van der Waals surface area contributed by atoms with Crippen molar-refractivity contribution in [3.8, 4) is 5.75 Å². The molecule has 124 valence electrons. The fraction of sp³-hybridized carbons (Fsp3) is 0.375. The van der Waals surface area contributed by atoms with Gasteiger partial charge in [-0.3, -0.25) is 9.89 Å².